The Kier molecular flexibility index (Phi) is 3.93. The van der Waals surface area contributed by atoms with Crippen molar-refractivity contribution in [3.05, 3.63) is 42.0 Å². The molecule has 0 spiro atoms. The first-order chi connectivity index (χ1) is 9.79. The summed E-state index contributed by atoms with van der Waals surface area (Å²) in [5, 5.41) is 12.7. The van der Waals surface area contributed by atoms with Gasteiger partial charge in [0.05, 0.1) is 0 Å². The molecule has 1 saturated carbocycles. The second-order valence-electron chi connectivity index (χ2n) is 5.79. The van der Waals surface area contributed by atoms with Crippen LogP contribution in [-0.2, 0) is 6.54 Å². The van der Waals surface area contributed by atoms with Gasteiger partial charge in [-0.15, -0.1) is 0 Å². The van der Waals surface area contributed by atoms with Gasteiger partial charge in [0, 0.05) is 18.2 Å². The van der Waals surface area contributed by atoms with Crippen molar-refractivity contribution in [3.8, 4) is 5.75 Å². The van der Waals surface area contributed by atoms with Crippen molar-refractivity contribution < 1.29 is 5.11 Å². The van der Waals surface area contributed by atoms with Gasteiger partial charge in [-0.3, -0.25) is 4.90 Å². The fourth-order valence-electron chi connectivity index (χ4n) is 3.46. The Bertz CT molecular complexity index is 587. The van der Waals surface area contributed by atoms with Gasteiger partial charge >= 0.3 is 0 Å². The lowest BCUT2D eigenvalue weighted by Gasteiger charge is -2.28. The molecule has 106 valence electrons. The number of phenols is 1. The first-order valence-electron chi connectivity index (χ1n) is 7.73. The fourth-order valence-corrected chi connectivity index (χ4v) is 3.46. The highest BCUT2D eigenvalue weighted by Gasteiger charge is 2.22. The lowest BCUT2D eigenvalue weighted by molar-refractivity contribution is 0.199. The van der Waals surface area contributed by atoms with Crippen LogP contribution in [0.5, 0.6) is 5.75 Å². The summed E-state index contributed by atoms with van der Waals surface area (Å²) < 4.78 is 0. The molecule has 0 aromatic heterocycles. The zero-order valence-electron chi connectivity index (χ0n) is 12.2. The van der Waals surface area contributed by atoms with E-state index in [1.807, 2.05) is 12.1 Å². The molecule has 0 radical (unpaired) electrons. The molecule has 1 aliphatic carbocycles. The van der Waals surface area contributed by atoms with E-state index in [1.165, 1.54) is 36.5 Å². The maximum Gasteiger partial charge on any atom is 0.120 e. The molecule has 1 aliphatic rings. The molecule has 0 amide bonds. The summed E-state index contributed by atoms with van der Waals surface area (Å²) in [7, 11) is 0. The second-order valence-corrected chi connectivity index (χ2v) is 5.79. The molecule has 2 heteroatoms. The number of hydrogen-bond acceptors (Lipinski definition) is 2. The van der Waals surface area contributed by atoms with Crippen LogP contribution in [0.3, 0.4) is 0 Å². The molecular weight excluding hydrogens is 246 g/mol. The molecule has 2 aromatic rings. The fraction of sp³-hybridized carbons (Fsp3) is 0.444. The minimum atomic E-state index is 0.431. The van der Waals surface area contributed by atoms with E-state index in [4.69, 9.17) is 0 Å². The molecule has 2 aromatic carbocycles. The smallest absolute Gasteiger partial charge is 0.120 e. The third kappa shape index (κ3) is 2.53. The molecule has 0 heterocycles. The standard InChI is InChI=1S/C18H23NO/c1-2-19(15-8-4-5-9-15)13-17-16-10-6-3-7-14(16)11-12-18(17)20/h3,6-7,10-12,15,20H,2,4-5,8-9,13H2,1H3. The monoisotopic (exact) mass is 269 g/mol. The number of benzene rings is 2. The van der Waals surface area contributed by atoms with Gasteiger partial charge in [0.25, 0.3) is 0 Å². The van der Waals surface area contributed by atoms with E-state index in [2.05, 4.69) is 36.1 Å². The normalized spacial score (nSPS) is 16.3. The lowest BCUT2D eigenvalue weighted by atomic mass is 10.0. The average molecular weight is 269 g/mol. The molecule has 2 nitrogen and oxygen atoms in total. The van der Waals surface area contributed by atoms with Crippen molar-refractivity contribution in [2.24, 2.45) is 0 Å². The maximum atomic E-state index is 10.3. The highest BCUT2D eigenvalue weighted by molar-refractivity contribution is 5.87. The van der Waals surface area contributed by atoms with Gasteiger partial charge in [0.2, 0.25) is 0 Å². The average Bonchev–Trinajstić information content (AvgIpc) is 3.00. The molecule has 20 heavy (non-hydrogen) atoms. The molecule has 3 rings (SSSR count). The summed E-state index contributed by atoms with van der Waals surface area (Å²) >= 11 is 0. The topological polar surface area (TPSA) is 23.5 Å². The highest BCUT2D eigenvalue weighted by atomic mass is 16.3. The molecule has 0 bridgehead atoms. The SMILES string of the molecule is CCN(Cc1c(O)ccc2ccccc12)C1CCCC1. The van der Waals surface area contributed by atoms with Crippen molar-refractivity contribution >= 4 is 10.8 Å². The van der Waals surface area contributed by atoms with Gasteiger partial charge in [0.15, 0.2) is 0 Å². The summed E-state index contributed by atoms with van der Waals surface area (Å²) in [6.45, 7) is 4.13. The molecule has 1 N–H and O–H groups in total. The van der Waals surface area contributed by atoms with Gasteiger partial charge < -0.3 is 5.11 Å². The Balaban J connectivity index is 1.94. The zero-order valence-corrected chi connectivity index (χ0v) is 12.2. The van der Waals surface area contributed by atoms with Crippen molar-refractivity contribution in [1.82, 2.24) is 4.90 Å². The third-order valence-electron chi connectivity index (χ3n) is 4.62. The number of fused-ring (bicyclic) bond motifs is 1. The van der Waals surface area contributed by atoms with E-state index >= 15 is 0 Å². The maximum absolute atomic E-state index is 10.3. The summed E-state index contributed by atoms with van der Waals surface area (Å²) in [6.07, 6.45) is 5.31. The second kappa shape index (κ2) is 5.84. The van der Waals surface area contributed by atoms with Crippen LogP contribution in [0.1, 0.15) is 38.2 Å². The Morgan fingerprint density at radius 2 is 1.85 bits per heavy atom. The Labute approximate surface area is 121 Å². The molecule has 0 unspecified atom stereocenters. The summed E-state index contributed by atoms with van der Waals surface area (Å²) in [5.74, 6) is 0.431. The first-order valence-corrected chi connectivity index (χ1v) is 7.73. The predicted molar refractivity (Wildman–Crippen MR) is 84.0 cm³/mol. The highest BCUT2D eigenvalue weighted by Crippen LogP contribution is 2.31. The number of phenolic OH excluding ortho intramolecular Hbond substituents is 1. The van der Waals surface area contributed by atoms with Gasteiger partial charge in [-0.1, -0.05) is 50.1 Å². The van der Waals surface area contributed by atoms with Crippen molar-refractivity contribution in [1.29, 1.82) is 0 Å². The predicted octanol–water partition coefficient (Wildman–Crippen LogP) is 4.31. The van der Waals surface area contributed by atoms with Crippen LogP contribution < -0.4 is 0 Å². The Morgan fingerprint density at radius 1 is 1.10 bits per heavy atom. The molecule has 0 atom stereocenters. The number of rotatable bonds is 4. The van der Waals surface area contributed by atoms with Crippen molar-refractivity contribution in [3.63, 3.8) is 0 Å². The molecule has 0 aliphatic heterocycles. The molecule has 0 saturated heterocycles. The number of aromatic hydroxyl groups is 1. The van der Waals surface area contributed by atoms with E-state index in [0.29, 0.717) is 11.8 Å². The summed E-state index contributed by atoms with van der Waals surface area (Å²) in [6, 6.07) is 12.9. The Morgan fingerprint density at radius 3 is 2.60 bits per heavy atom. The van der Waals surface area contributed by atoms with Crippen LogP contribution in [0.25, 0.3) is 10.8 Å². The van der Waals surface area contributed by atoms with Gasteiger partial charge in [-0.05, 0) is 36.2 Å². The molecule has 1 fully saturated rings. The Hall–Kier alpha value is -1.54. The summed E-state index contributed by atoms with van der Waals surface area (Å²) in [4.78, 5) is 2.52. The van der Waals surface area contributed by atoms with Crippen LogP contribution in [0.2, 0.25) is 0 Å². The van der Waals surface area contributed by atoms with Gasteiger partial charge in [-0.25, -0.2) is 0 Å². The first kappa shape index (κ1) is 13.4. The number of hydrogen-bond donors (Lipinski definition) is 1. The minimum Gasteiger partial charge on any atom is -0.508 e. The van der Waals surface area contributed by atoms with Crippen molar-refractivity contribution in [2.75, 3.05) is 6.54 Å². The largest absolute Gasteiger partial charge is 0.508 e. The van der Waals surface area contributed by atoms with Crippen molar-refractivity contribution in [2.45, 2.75) is 45.2 Å². The van der Waals surface area contributed by atoms with Crippen LogP contribution in [0.15, 0.2) is 36.4 Å². The van der Waals surface area contributed by atoms with Crippen LogP contribution >= 0.6 is 0 Å². The minimum absolute atomic E-state index is 0.431. The van der Waals surface area contributed by atoms with E-state index in [0.717, 1.165) is 18.7 Å². The van der Waals surface area contributed by atoms with E-state index in [-0.39, 0.29) is 0 Å². The third-order valence-corrected chi connectivity index (χ3v) is 4.62. The van der Waals surface area contributed by atoms with Crippen LogP contribution in [0.4, 0.5) is 0 Å². The lowest BCUT2D eigenvalue weighted by Crippen LogP contribution is -2.32. The quantitative estimate of drug-likeness (QED) is 0.894. The van der Waals surface area contributed by atoms with E-state index < -0.39 is 0 Å². The van der Waals surface area contributed by atoms with Crippen LogP contribution in [0, 0.1) is 0 Å². The van der Waals surface area contributed by atoms with E-state index in [9.17, 15) is 5.11 Å². The summed E-state index contributed by atoms with van der Waals surface area (Å²) in [5.41, 5.74) is 1.08. The zero-order chi connectivity index (χ0) is 13.9. The molecular formula is C18H23NO. The van der Waals surface area contributed by atoms with E-state index in [1.54, 1.807) is 0 Å². The van der Waals surface area contributed by atoms with Gasteiger partial charge in [0.1, 0.15) is 5.75 Å². The number of nitrogens with zero attached hydrogens (tertiary/aromatic N) is 1. The van der Waals surface area contributed by atoms with Crippen LogP contribution in [-0.4, -0.2) is 22.6 Å². The van der Waals surface area contributed by atoms with Gasteiger partial charge in [-0.2, -0.15) is 0 Å².